The molecule has 33 heavy (non-hydrogen) atoms. The number of hydrogen-bond donors (Lipinski definition) is 0. The number of carbonyl (C=O) groups is 1. The molecular formula is C24H25N3O5S. The monoisotopic (exact) mass is 467 g/mol. The lowest BCUT2D eigenvalue weighted by Gasteiger charge is -2.26. The summed E-state index contributed by atoms with van der Waals surface area (Å²) in [6.07, 6.45) is 1.90. The van der Waals surface area contributed by atoms with Crippen molar-refractivity contribution in [1.29, 1.82) is 0 Å². The van der Waals surface area contributed by atoms with Gasteiger partial charge in [0.1, 0.15) is 19.0 Å². The van der Waals surface area contributed by atoms with E-state index in [-0.39, 0.29) is 17.7 Å². The fourth-order valence-electron chi connectivity index (χ4n) is 4.13. The van der Waals surface area contributed by atoms with Gasteiger partial charge in [0, 0.05) is 12.1 Å². The predicted molar refractivity (Wildman–Crippen MR) is 123 cm³/mol. The van der Waals surface area contributed by atoms with E-state index in [4.69, 9.17) is 18.6 Å². The van der Waals surface area contributed by atoms with Crippen LogP contribution in [0.1, 0.15) is 31.4 Å². The van der Waals surface area contributed by atoms with E-state index in [0.717, 1.165) is 47.8 Å². The van der Waals surface area contributed by atoms with Crippen LogP contribution in [-0.4, -0.2) is 53.1 Å². The average molecular weight is 468 g/mol. The first-order valence-electron chi connectivity index (χ1n) is 11.1. The molecule has 0 saturated carbocycles. The van der Waals surface area contributed by atoms with Gasteiger partial charge in [0.05, 0.1) is 18.4 Å². The summed E-state index contributed by atoms with van der Waals surface area (Å²) in [6, 6.07) is 13.5. The molecule has 2 aromatic carbocycles. The van der Waals surface area contributed by atoms with E-state index >= 15 is 0 Å². The fraction of sp³-hybridized carbons (Fsp3) is 0.375. The fourth-order valence-corrected chi connectivity index (χ4v) is 4.78. The summed E-state index contributed by atoms with van der Waals surface area (Å²) in [5, 5.41) is 8.58. The Bertz CT molecular complexity index is 1120. The molecule has 0 radical (unpaired) electrons. The van der Waals surface area contributed by atoms with Gasteiger partial charge in [-0.05, 0) is 61.7 Å². The van der Waals surface area contributed by atoms with Gasteiger partial charge in [0.15, 0.2) is 11.5 Å². The summed E-state index contributed by atoms with van der Waals surface area (Å²) < 4.78 is 22.5. The van der Waals surface area contributed by atoms with Gasteiger partial charge < -0.3 is 23.5 Å². The van der Waals surface area contributed by atoms with Crippen molar-refractivity contribution >= 4 is 17.7 Å². The van der Waals surface area contributed by atoms with E-state index in [0.29, 0.717) is 30.9 Å². The first-order chi connectivity index (χ1) is 16.2. The first-order valence-corrected chi connectivity index (χ1v) is 12.1. The number of ether oxygens (including phenoxy) is 3. The number of hydrogen-bond acceptors (Lipinski definition) is 8. The number of aromatic nitrogens is 2. The zero-order valence-electron chi connectivity index (χ0n) is 18.4. The standard InChI is InChI=1S/C24H25N3O5S/c1-2-29-18-8-5-16(6-9-18)23-25-26-24(32-23)33-15-22(28)27-11-3-4-19(27)17-7-10-20-21(14-17)31-13-12-30-20/h5-10,14,19H,2-4,11-13,15H2,1H3/t19-/m1/s1. The van der Waals surface area contributed by atoms with E-state index in [9.17, 15) is 4.79 Å². The van der Waals surface area contributed by atoms with E-state index in [1.165, 1.54) is 11.8 Å². The molecule has 0 spiro atoms. The minimum absolute atomic E-state index is 0.0380. The van der Waals surface area contributed by atoms with Crippen LogP contribution in [-0.2, 0) is 4.79 Å². The van der Waals surface area contributed by atoms with E-state index in [1.807, 2.05) is 54.3 Å². The maximum atomic E-state index is 13.0. The lowest BCUT2D eigenvalue weighted by Crippen LogP contribution is -2.32. The summed E-state index contributed by atoms with van der Waals surface area (Å²) in [5.74, 6) is 3.02. The minimum atomic E-state index is 0.0380. The largest absolute Gasteiger partial charge is 0.494 e. The SMILES string of the molecule is CCOc1ccc(-c2nnc(SCC(=O)N3CCC[C@@H]3c3ccc4c(c3)OCCO4)o2)cc1. The van der Waals surface area contributed by atoms with E-state index in [1.54, 1.807) is 0 Å². The highest BCUT2D eigenvalue weighted by Crippen LogP contribution is 2.38. The summed E-state index contributed by atoms with van der Waals surface area (Å²) >= 11 is 1.26. The summed E-state index contributed by atoms with van der Waals surface area (Å²) in [7, 11) is 0. The second-order valence-corrected chi connectivity index (χ2v) is 8.69. The normalized spacial score (nSPS) is 17.2. The third-order valence-electron chi connectivity index (χ3n) is 5.66. The average Bonchev–Trinajstić information content (AvgIpc) is 3.53. The molecule has 0 unspecified atom stereocenters. The number of thioether (sulfide) groups is 1. The number of benzene rings is 2. The van der Waals surface area contributed by atoms with Crippen molar-refractivity contribution in [2.75, 3.05) is 32.1 Å². The third-order valence-corrected chi connectivity index (χ3v) is 6.47. The zero-order valence-corrected chi connectivity index (χ0v) is 19.2. The molecule has 5 rings (SSSR count). The van der Waals surface area contributed by atoms with Crippen LogP contribution in [0.3, 0.4) is 0 Å². The Morgan fingerprint density at radius 3 is 2.76 bits per heavy atom. The topological polar surface area (TPSA) is 86.9 Å². The van der Waals surface area contributed by atoms with Crippen molar-refractivity contribution in [2.45, 2.75) is 31.0 Å². The van der Waals surface area contributed by atoms with Crippen LogP contribution in [0.4, 0.5) is 0 Å². The predicted octanol–water partition coefficient (Wildman–Crippen LogP) is 4.36. The molecule has 9 heteroatoms. The number of carbonyl (C=O) groups excluding carboxylic acids is 1. The summed E-state index contributed by atoms with van der Waals surface area (Å²) in [4.78, 5) is 14.9. The highest BCUT2D eigenvalue weighted by molar-refractivity contribution is 7.99. The molecule has 3 aromatic rings. The lowest BCUT2D eigenvalue weighted by molar-refractivity contribution is -0.129. The van der Waals surface area contributed by atoms with Gasteiger partial charge in [-0.15, -0.1) is 10.2 Å². The molecule has 1 saturated heterocycles. The van der Waals surface area contributed by atoms with Crippen molar-refractivity contribution in [2.24, 2.45) is 0 Å². The van der Waals surface area contributed by atoms with Crippen LogP contribution < -0.4 is 14.2 Å². The Hall–Kier alpha value is -3.20. The van der Waals surface area contributed by atoms with Gasteiger partial charge in [-0.1, -0.05) is 17.8 Å². The molecule has 172 valence electrons. The van der Waals surface area contributed by atoms with Gasteiger partial charge in [-0.25, -0.2) is 0 Å². The molecular weight excluding hydrogens is 442 g/mol. The molecule has 8 nitrogen and oxygen atoms in total. The quantitative estimate of drug-likeness (QED) is 0.474. The van der Waals surface area contributed by atoms with Crippen LogP contribution in [0.25, 0.3) is 11.5 Å². The molecule has 3 heterocycles. The van der Waals surface area contributed by atoms with Crippen LogP contribution in [0, 0.1) is 0 Å². The van der Waals surface area contributed by atoms with Crippen molar-refractivity contribution in [1.82, 2.24) is 15.1 Å². The Balaban J connectivity index is 1.21. The van der Waals surface area contributed by atoms with Gasteiger partial charge in [-0.3, -0.25) is 4.79 Å². The van der Waals surface area contributed by atoms with Crippen LogP contribution in [0.2, 0.25) is 0 Å². The van der Waals surface area contributed by atoms with Crippen molar-refractivity contribution in [3.05, 3.63) is 48.0 Å². The third kappa shape index (κ3) is 4.78. The van der Waals surface area contributed by atoms with Gasteiger partial charge >= 0.3 is 0 Å². The van der Waals surface area contributed by atoms with Crippen molar-refractivity contribution < 1.29 is 23.4 Å². The smallest absolute Gasteiger partial charge is 0.277 e. The maximum absolute atomic E-state index is 13.0. The Morgan fingerprint density at radius 2 is 1.94 bits per heavy atom. The highest BCUT2D eigenvalue weighted by Gasteiger charge is 2.31. The number of fused-ring (bicyclic) bond motifs is 1. The van der Waals surface area contributed by atoms with Crippen LogP contribution in [0.15, 0.2) is 52.1 Å². The Kier molecular flexibility index (Phi) is 6.39. The molecule has 1 fully saturated rings. The number of likely N-dealkylation sites (tertiary alicyclic amines) is 1. The number of nitrogens with zero attached hydrogens (tertiary/aromatic N) is 3. The molecule has 1 atom stereocenters. The van der Waals surface area contributed by atoms with E-state index < -0.39 is 0 Å². The van der Waals surface area contributed by atoms with E-state index in [2.05, 4.69) is 10.2 Å². The van der Waals surface area contributed by atoms with Crippen LogP contribution in [0.5, 0.6) is 17.2 Å². The van der Waals surface area contributed by atoms with Gasteiger partial charge in [0.25, 0.3) is 5.22 Å². The van der Waals surface area contributed by atoms with Crippen molar-refractivity contribution in [3.8, 4) is 28.7 Å². The molecule has 2 aliphatic rings. The highest BCUT2D eigenvalue weighted by atomic mass is 32.2. The minimum Gasteiger partial charge on any atom is -0.494 e. The van der Waals surface area contributed by atoms with Gasteiger partial charge in [-0.2, -0.15) is 0 Å². The maximum Gasteiger partial charge on any atom is 0.277 e. The zero-order chi connectivity index (χ0) is 22.6. The second-order valence-electron chi connectivity index (χ2n) is 7.77. The molecule has 0 aliphatic carbocycles. The molecule has 2 aliphatic heterocycles. The molecule has 1 aromatic heterocycles. The molecule has 0 N–H and O–H groups in total. The number of rotatable bonds is 7. The lowest BCUT2D eigenvalue weighted by atomic mass is 10.0. The number of amides is 1. The van der Waals surface area contributed by atoms with Gasteiger partial charge in [0.2, 0.25) is 11.8 Å². The first kappa shape index (κ1) is 21.6. The Labute approximate surface area is 196 Å². The summed E-state index contributed by atoms with van der Waals surface area (Å²) in [5.41, 5.74) is 1.88. The summed E-state index contributed by atoms with van der Waals surface area (Å²) in [6.45, 7) is 4.40. The molecule has 0 bridgehead atoms. The van der Waals surface area contributed by atoms with Crippen LogP contribution >= 0.6 is 11.8 Å². The second kappa shape index (κ2) is 9.74. The van der Waals surface area contributed by atoms with Crippen molar-refractivity contribution in [3.63, 3.8) is 0 Å². The molecule has 1 amide bonds. The Morgan fingerprint density at radius 1 is 1.12 bits per heavy atom.